The smallest absolute Gasteiger partial charge is 0.253 e. The van der Waals surface area contributed by atoms with Gasteiger partial charge in [-0.1, -0.05) is 30.3 Å². The zero-order chi connectivity index (χ0) is 15.2. The van der Waals surface area contributed by atoms with E-state index in [4.69, 9.17) is 10.5 Å². The summed E-state index contributed by atoms with van der Waals surface area (Å²) in [7, 11) is 1.53. The molecule has 0 spiro atoms. The van der Waals surface area contributed by atoms with Crippen LogP contribution in [0.5, 0.6) is 5.75 Å². The lowest BCUT2D eigenvalue weighted by Gasteiger charge is -2.17. The maximum atomic E-state index is 12.3. The van der Waals surface area contributed by atoms with Crippen molar-refractivity contribution >= 4 is 11.6 Å². The van der Waals surface area contributed by atoms with Gasteiger partial charge in [-0.05, 0) is 17.7 Å². The molecule has 0 saturated carbocycles. The lowest BCUT2D eigenvalue weighted by Crippen LogP contribution is -2.31. The van der Waals surface area contributed by atoms with E-state index in [0.29, 0.717) is 17.0 Å². The minimum absolute atomic E-state index is 0.189. The summed E-state index contributed by atoms with van der Waals surface area (Å²) in [6.45, 7) is -0.189. The number of ether oxygens (including phenoxy) is 1. The number of nitrogens with two attached hydrogens (primary N) is 1. The highest BCUT2D eigenvalue weighted by atomic mass is 16.5. The number of amides is 1. The van der Waals surface area contributed by atoms with Crippen LogP contribution in [0.2, 0.25) is 0 Å². The number of nitrogen functional groups attached to an aromatic ring is 1. The van der Waals surface area contributed by atoms with Crippen LogP contribution in [0.1, 0.15) is 22.0 Å². The van der Waals surface area contributed by atoms with Crippen LogP contribution in [0.3, 0.4) is 0 Å². The zero-order valence-corrected chi connectivity index (χ0v) is 11.7. The van der Waals surface area contributed by atoms with Gasteiger partial charge in [-0.2, -0.15) is 0 Å². The number of nitrogens with one attached hydrogen (secondary N) is 1. The Hall–Kier alpha value is -2.53. The highest BCUT2D eigenvalue weighted by Gasteiger charge is 2.16. The Kier molecular flexibility index (Phi) is 4.79. The van der Waals surface area contributed by atoms with Crippen LogP contribution >= 0.6 is 0 Å². The lowest BCUT2D eigenvalue weighted by atomic mass is 10.1. The van der Waals surface area contributed by atoms with Crippen molar-refractivity contribution in [2.45, 2.75) is 6.04 Å². The first-order chi connectivity index (χ1) is 10.2. The Morgan fingerprint density at radius 2 is 2.00 bits per heavy atom. The molecular formula is C16H18N2O3. The molecule has 0 aliphatic heterocycles. The summed E-state index contributed by atoms with van der Waals surface area (Å²) in [4.78, 5) is 12.3. The summed E-state index contributed by atoms with van der Waals surface area (Å²) in [5.41, 5.74) is 7.37. The molecular weight excluding hydrogens is 268 g/mol. The number of anilines is 1. The van der Waals surface area contributed by atoms with Gasteiger partial charge in [0.15, 0.2) is 0 Å². The minimum Gasteiger partial charge on any atom is -0.497 e. The second-order valence-corrected chi connectivity index (χ2v) is 4.57. The van der Waals surface area contributed by atoms with Gasteiger partial charge < -0.3 is 20.9 Å². The molecule has 2 aromatic rings. The third-order valence-corrected chi connectivity index (χ3v) is 3.19. The van der Waals surface area contributed by atoms with Crippen LogP contribution in [0, 0.1) is 0 Å². The van der Waals surface area contributed by atoms with Crippen molar-refractivity contribution in [1.29, 1.82) is 0 Å². The van der Waals surface area contributed by atoms with Gasteiger partial charge in [0.25, 0.3) is 5.91 Å². The maximum Gasteiger partial charge on any atom is 0.253 e. The van der Waals surface area contributed by atoms with Crippen LogP contribution in [0.4, 0.5) is 5.69 Å². The van der Waals surface area contributed by atoms with Gasteiger partial charge in [0.1, 0.15) is 5.75 Å². The lowest BCUT2D eigenvalue weighted by molar-refractivity contribution is 0.0917. The van der Waals surface area contributed by atoms with Gasteiger partial charge >= 0.3 is 0 Å². The van der Waals surface area contributed by atoms with Crippen LogP contribution in [-0.4, -0.2) is 24.7 Å². The monoisotopic (exact) mass is 286 g/mol. The van der Waals surface area contributed by atoms with E-state index >= 15 is 0 Å². The van der Waals surface area contributed by atoms with Gasteiger partial charge in [0, 0.05) is 11.8 Å². The minimum atomic E-state index is -0.472. The van der Waals surface area contributed by atoms with E-state index in [0.717, 1.165) is 5.56 Å². The Labute approximate surface area is 123 Å². The molecule has 0 bridgehead atoms. The van der Waals surface area contributed by atoms with Crippen LogP contribution < -0.4 is 15.8 Å². The number of aliphatic hydroxyl groups excluding tert-OH is 1. The topological polar surface area (TPSA) is 84.6 Å². The van der Waals surface area contributed by atoms with Crippen LogP contribution in [-0.2, 0) is 0 Å². The first-order valence-electron chi connectivity index (χ1n) is 6.56. The molecule has 110 valence electrons. The molecule has 1 amide bonds. The number of aliphatic hydroxyl groups is 1. The fourth-order valence-corrected chi connectivity index (χ4v) is 2.03. The molecule has 0 aliphatic carbocycles. The number of methoxy groups -OCH3 is 1. The van der Waals surface area contributed by atoms with E-state index in [1.165, 1.54) is 7.11 Å². The molecule has 21 heavy (non-hydrogen) atoms. The van der Waals surface area contributed by atoms with Crippen molar-refractivity contribution in [2.24, 2.45) is 0 Å². The Balaban J connectivity index is 2.17. The molecule has 5 nitrogen and oxygen atoms in total. The number of carbonyl (C=O) groups excluding carboxylic acids is 1. The molecule has 2 aromatic carbocycles. The van der Waals surface area contributed by atoms with E-state index in [1.54, 1.807) is 18.2 Å². The highest BCUT2D eigenvalue weighted by Crippen LogP contribution is 2.20. The number of carbonyl (C=O) groups is 1. The molecule has 0 radical (unpaired) electrons. The molecule has 1 atom stereocenters. The van der Waals surface area contributed by atoms with E-state index < -0.39 is 6.04 Å². The maximum absolute atomic E-state index is 12.3. The summed E-state index contributed by atoms with van der Waals surface area (Å²) >= 11 is 0. The van der Waals surface area contributed by atoms with Gasteiger partial charge in [0.2, 0.25) is 0 Å². The van der Waals surface area contributed by atoms with Gasteiger partial charge in [-0.3, -0.25) is 4.79 Å². The SMILES string of the molecule is COc1ccc(C(=O)NC(CO)c2ccccc2)c(N)c1. The van der Waals surface area contributed by atoms with E-state index in [9.17, 15) is 9.90 Å². The van der Waals surface area contributed by atoms with Crippen molar-refractivity contribution in [3.8, 4) is 5.75 Å². The quantitative estimate of drug-likeness (QED) is 0.731. The fraction of sp³-hybridized carbons (Fsp3) is 0.188. The molecule has 1 unspecified atom stereocenters. The number of hydrogen-bond donors (Lipinski definition) is 3. The average Bonchev–Trinajstić information content (AvgIpc) is 2.53. The largest absolute Gasteiger partial charge is 0.497 e. The molecule has 0 aromatic heterocycles. The molecule has 4 N–H and O–H groups in total. The first-order valence-corrected chi connectivity index (χ1v) is 6.56. The second kappa shape index (κ2) is 6.76. The van der Waals surface area contributed by atoms with Crippen molar-refractivity contribution in [3.63, 3.8) is 0 Å². The van der Waals surface area contributed by atoms with Gasteiger partial charge in [0.05, 0.1) is 25.3 Å². The summed E-state index contributed by atoms with van der Waals surface area (Å²) < 4.78 is 5.05. The third-order valence-electron chi connectivity index (χ3n) is 3.19. The molecule has 5 heteroatoms. The van der Waals surface area contributed by atoms with Crippen LogP contribution in [0.15, 0.2) is 48.5 Å². The molecule has 0 fully saturated rings. The zero-order valence-electron chi connectivity index (χ0n) is 11.7. The number of hydrogen-bond acceptors (Lipinski definition) is 4. The Morgan fingerprint density at radius 3 is 2.57 bits per heavy atom. The predicted molar refractivity (Wildman–Crippen MR) is 81.1 cm³/mol. The summed E-state index contributed by atoms with van der Waals surface area (Å²) in [5, 5.41) is 12.2. The molecule has 0 heterocycles. The highest BCUT2D eigenvalue weighted by molar-refractivity contribution is 5.99. The van der Waals surface area contributed by atoms with Crippen LogP contribution in [0.25, 0.3) is 0 Å². The molecule has 2 rings (SSSR count). The Bertz CT molecular complexity index is 614. The summed E-state index contributed by atoms with van der Waals surface area (Å²) in [6, 6.07) is 13.7. The van der Waals surface area contributed by atoms with E-state index in [1.807, 2.05) is 30.3 Å². The standard InChI is InChI=1S/C16H18N2O3/c1-21-12-7-8-13(14(17)9-12)16(20)18-15(10-19)11-5-3-2-4-6-11/h2-9,15,19H,10,17H2,1H3,(H,18,20). The van der Waals surface area contributed by atoms with Crippen molar-refractivity contribution in [2.75, 3.05) is 19.5 Å². The summed E-state index contributed by atoms with van der Waals surface area (Å²) in [6.07, 6.45) is 0. The van der Waals surface area contributed by atoms with Crippen molar-refractivity contribution in [3.05, 3.63) is 59.7 Å². The van der Waals surface area contributed by atoms with E-state index in [-0.39, 0.29) is 12.5 Å². The van der Waals surface area contributed by atoms with E-state index in [2.05, 4.69) is 5.32 Å². The third kappa shape index (κ3) is 3.52. The van der Waals surface area contributed by atoms with Crippen molar-refractivity contribution in [1.82, 2.24) is 5.32 Å². The average molecular weight is 286 g/mol. The number of rotatable bonds is 5. The first kappa shape index (κ1) is 14.9. The predicted octanol–water partition coefficient (Wildman–Crippen LogP) is 1.74. The Morgan fingerprint density at radius 1 is 1.29 bits per heavy atom. The molecule has 0 aliphatic rings. The van der Waals surface area contributed by atoms with Gasteiger partial charge in [-0.25, -0.2) is 0 Å². The van der Waals surface area contributed by atoms with Gasteiger partial charge in [-0.15, -0.1) is 0 Å². The second-order valence-electron chi connectivity index (χ2n) is 4.57. The summed E-state index contributed by atoms with van der Waals surface area (Å²) in [5.74, 6) is 0.254. The normalized spacial score (nSPS) is 11.7. The molecule has 0 saturated heterocycles. The number of benzene rings is 2. The fourth-order valence-electron chi connectivity index (χ4n) is 2.03. The van der Waals surface area contributed by atoms with Crippen molar-refractivity contribution < 1.29 is 14.6 Å².